The molecule has 0 heterocycles. The smallest absolute Gasteiger partial charge is 0.386 e. The van der Waals surface area contributed by atoms with Crippen LogP contribution in [-0.4, -0.2) is 13.0 Å². The van der Waals surface area contributed by atoms with Crippen molar-refractivity contribution in [3.63, 3.8) is 0 Å². The molecule has 0 atom stereocenters. The zero-order chi connectivity index (χ0) is 13.1. The van der Waals surface area contributed by atoms with Gasteiger partial charge in [-0.3, -0.25) is 4.79 Å². The van der Waals surface area contributed by atoms with Crippen LogP contribution in [0.1, 0.15) is 5.56 Å². The maximum atomic E-state index is 12.5. The topological polar surface area (TPSA) is 41.1 Å². The van der Waals surface area contributed by atoms with Gasteiger partial charge in [0, 0.05) is 7.05 Å². The standard InChI is InChI=1S/C11H11F3N2O/c1-3-10(17)16-9-6-7(11(12,13)14)4-5-8(9)15-2/h3-6,15H,1H2,2H3,(H,16,17). The minimum absolute atomic E-state index is 0.0622. The first-order chi connectivity index (χ1) is 7.88. The Balaban J connectivity index is 3.15. The van der Waals surface area contributed by atoms with Crippen LogP contribution in [0.25, 0.3) is 0 Å². The van der Waals surface area contributed by atoms with Crippen molar-refractivity contribution in [2.45, 2.75) is 6.18 Å². The van der Waals surface area contributed by atoms with Gasteiger partial charge in [0.2, 0.25) is 5.91 Å². The zero-order valence-corrected chi connectivity index (χ0v) is 9.06. The molecule has 0 radical (unpaired) electrons. The fraction of sp³-hybridized carbons (Fsp3) is 0.182. The van der Waals surface area contributed by atoms with Crippen molar-refractivity contribution in [3.05, 3.63) is 36.4 Å². The third kappa shape index (κ3) is 3.24. The van der Waals surface area contributed by atoms with Crippen molar-refractivity contribution in [2.75, 3.05) is 17.7 Å². The van der Waals surface area contributed by atoms with Gasteiger partial charge in [0.15, 0.2) is 0 Å². The fourth-order valence-corrected chi connectivity index (χ4v) is 1.23. The van der Waals surface area contributed by atoms with Crippen molar-refractivity contribution in [2.24, 2.45) is 0 Å². The minimum Gasteiger partial charge on any atom is -0.386 e. The van der Waals surface area contributed by atoms with E-state index in [4.69, 9.17) is 0 Å². The third-order valence-corrected chi connectivity index (χ3v) is 2.06. The molecule has 1 aromatic rings. The number of hydrogen-bond donors (Lipinski definition) is 2. The Bertz CT molecular complexity index is 441. The highest BCUT2D eigenvalue weighted by Gasteiger charge is 2.31. The van der Waals surface area contributed by atoms with Crippen LogP contribution in [-0.2, 0) is 11.0 Å². The van der Waals surface area contributed by atoms with Crippen LogP contribution < -0.4 is 10.6 Å². The van der Waals surface area contributed by atoms with E-state index in [1.807, 2.05) is 0 Å². The van der Waals surface area contributed by atoms with Gasteiger partial charge in [0.25, 0.3) is 0 Å². The van der Waals surface area contributed by atoms with Gasteiger partial charge in [-0.15, -0.1) is 0 Å². The molecule has 0 aliphatic carbocycles. The lowest BCUT2D eigenvalue weighted by Crippen LogP contribution is -2.12. The largest absolute Gasteiger partial charge is 0.416 e. The molecule has 0 aliphatic rings. The van der Waals surface area contributed by atoms with Crippen LogP contribution in [0.4, 0.5) is 24.5 Å². The molecule has 2 N–H and O–H groups in total. The molecule has 0 spiro atoms. The first-order valence-electron chi connectivity index (χ1n) is 4.71. The summed E-state index contributed by atoms with van der Waals surface area (Å²) in [7, 11) is 1.55. The molecular formula is C11H11F3N2O. The number of hydrogen-bond acceptors (Lipinski definition) is 2. The van der Waals surface area contributed by atoms with Crippen LogP contribution in [0, 0.1) is 0 Å². The molecule has 0 aliphatic heterocycles. The van der Waals surface area contributed by atoms with Crippen molar-refractivity contribution in [1.82, 2.24) is 0 Å². The molecule has 92 valence electrons. The highest BCUT2D eigenvalue weighted by molar-refractivity contribution is 6.01. The number of halogens is 3. The van der Waals surface area contributed by atoms with Crippen LogP contribution in [0.15, 0.2) is 30.9 Å². The lowest BCUT2D eigenvalue weighted by Gasteiger charge is -2.13. The summed E-state index contributed by atoms with van der Waals surface area (Å²) in [5.74, 6) is -0.569. The molecule has 1 amide bonds. The predicted molar refractivity (Wildman–Crippen MR) is 59.8 cm³/mol. The van der Waals surface area contributed by atoms with E-state index in [2.05, 4.69) is 17.2 Å². The number of rotatable bonds is 3. The SMILES string of the molecule is C=CC(=O)Nc1cc(C(F)(F)F)ccc1NC. The Hall–Kier alpha value is -1.98. The Morgan fingerprint density at radius 2 is 2.00 bits per heavy atom. The van der Waals surface area contributed by atoms with Gasteiger partial charge in [-0.05, 0) is 24.3 Å². The average Bonchev–Trinajstić information content (AvgIpc) is 2.27. The highest BCUT2D eigenvalue weighted by Crippen LogP contribution is 2.33. The second-order valence-corrected chi connectivity index (χ2v) is 3.20. The number of nitrogens with one attached hydrogen (secondary N) is 2. The van der Waals surface area contributed by atoms with E-state index < -0.39 is 17.6 Å². The maximum absolute atomic E-state index is 12.5. The molecule has 0 saturated heterocycles. The van der Waals surface area contributed by atoms with E-state index in [0.29, 0.717) is 5.69 Å². The number of alkyl halides is 3. The summed E-state index contributed by atoms with van der Waals surface area (Å²) >= 11 is 0. The number of carbonyl (C=O) groups is 1. The van der Waals surface area contributed by atoms with Crippen LogP contribution in [0.5, 0.6) is 0 Å². The third-order valence-electron chi connectivity index (χ3n) is 2.06. The maximum Gasteiger partial charge on any atom is 0.416 e. The molecule has 17 heavy (non-hydrogen) atoms. The van der Waals surface area contributed by atoms with E-state index >= 15 is 0 Å². The normalized spacial score (nSPS) is 10.8. The van der Waals surface area contributed by atoms with Crippen LogP contribution >= 0.6 is 0 Å². The van der Waals surface area contributed by atoms with Gasteiger partial charge in [-0.2, -0.15) is 13.2 Å². The van der Waals surface area contributed by atoms with E-state index in [0.717, 1.165) is 18.2 Å². The molecule has 3 nitrogen and oxygen atoms in total. The molecule has 0 saturated carbocycles. The summed E-state index contributed by atoms with van der Waals surface area (Å²) in [4.78, 5) is 11.1. The Labute approximate surface area is 96.3 Å². The summed E-state index contributed by atoms with van der Waals surface area (Å²) < 4.78 is 37.4. The first kappa shape index (κ1) is 13.1. The average molecular weight is 244 g/mol. The second kappa shape index (κ2) is 4.90. The first-order valence-corrected chi connectivity index (χ1v) is 4.71. The van der Waals surface area contributed by atoms with Crippen molar-refractivity contribution in [3.8, 4) is 0 Å². The predicted octanol–water partition coefficient (Wildman–Crippen LogP) is 2.87. The Kier molecular flexibility index (Phi) is 3.77. The van der Waals surface area contributed by atoms with Gasteiger partial charge in [-0.1, -0.05) is 6.58 Å². The summed E-state index contributed by atoms with van der Waals surface area (Å²) in [6.45, 7) is 3.23. The number of anilines is 2. The fourth-order valence-electron chi connectivity index (χ4n) is 1.23. The zero-order valence-electron chi connectivity index (χ0n) is 9.06. The molecule has 0 aromatic heterocycles. The summed E-state index contributed by atoms with van der Waals surface area (Å²) in [5, 5.41) is 4.99. The molecule has 1 aromatic carbocycles. The molecular weight excluding hydrogens is 233 g/mol. The molecule has 0 unspecified atom stereocenters. The number of benzene rings is 1. The highest BCUT2D eigenvalue weighted by atomic mass is 19.4. The lowest BCUT2D eigenvalue weighted by molar-refractivity contribution is -0.137. The minimum atomic E-state index is -4.44. The van der Waals surface area contributed by atoms with E-state index in [1.165, 1.54) is 6.07 Å². The molecule has 0 bridgehead atoms. The Morgan fingerprint density at radius 1 is 1.35 bits per heavy atom. The van der Waals surface area contributed by atoms with Gasteiger partial charge in [0.1, 0.15) is 0 Å². The van der Waals surface area contributed by atoms with Crippen LogP contribution in [0.2, 0.25) is 0 Å². The van der Waals surface area contributed by atoms with Crippen LogP contribution in [0.3, 0.4) is 0 Å². The van der Waals surface area contributed by atoms with Gasteiger partial charge in [0.05, 0.1) is 16.9 Å². The summed E-state index contributed by atoms with van der Waals surface area (Å²) in [5.41, 5.74) is -0.365. The van der Waals surface area contributed by atoms with E-state index in [1.54, 1.807) is 7.05 Å². The number of carbonyl (C=O) groups excluding carboxylic acids is 1. The summed E-state index contributed by atoms with van der Waals surface area (Å²) in [6, 6.07) is 3.06. The molecule has 6 heteroatoms. The van der Waals surface area contributed by atoms with Crippen molar-refractivity contribution in [1.29, 1.82) is 0 Å². The lowest BCUT2D eigenvalue weighted by atomic mass is 10.1. The number of amides is 1. The van der Waals surface area contributed by atoms with Crippen molar-refractivity contribution >= 4 is 17.3 Å². The monoisotopic (exact) mass is 244 g/mol. The van der Waals surface area contributed by atoms with Gasteiger partial charge in [-0.25, -0.2) is 0 Å². The van der Waals surface area contributed by atoms with Gasteiger partial charge >= 0.3 is 6.18 Å². The second-order valence-electron chi connectivity index (χ2n) is 3.20. The quantitative estimate of drug-likeness (QED) is 0.803. The molecule has 0 fully saturated rings. The van der Waals surface area contributed by atoms with Gasteiger partial charge < -0.3 is 10.6 Å². The van der Waals surface area contributed by atoms with E-state index in [-0.39, 0.29) is 5.69 Å². The Morgan fingerprint density at radius 3 is 2.47 bits per heavy atom. The van der Waals surface area contributed by atoms with Crippen molar-refractivity contribution < 1.29 is 18.0 Å². The van der Waals surface area contributed by atoms with E-state index in [9.17, 15) is 18.0 Å². The molecule has 1 rings (SSSR count). The summed E-state index contributed by atoms with van der Waals surface area (Å²) in [6.07, 6.45) is -3.46.